The van der Waals surface area contributed by atoms with E-state index in [2.05, 4.69) is 19.2 Å². The first kappa shape index (κ1) is 17.4. The van der Waals surface area contributed by atoms with Crippen LogP contribution >= 0.6 is 0 Å². The van der Waals surface area contributed by atoms with E-state index in [1.165, 1.54) is 0 Å². The molecule has 3 N–H and O–H groups in total. The SMILES string of the molecule is CC1(C)C(CN)CC1NC(=O)c1cccn(Cc2ccccc2)c1=O. The van der Waals surface area contributed by atoms with Crippen LogP contribution in [0.4, 0.5) is 0 Å². The fourth-order valence-electron chi connectivity index (χ4n) is 3.51. The molecule has 2 atom stereocenters. The average molecular weight is 339 g/mol. The van der Waals surface area contributed by atoms with Gasteiger partial charge in [-0.15, -0.1) is 0 Å². The minimum absolute atomic E-state index is 0.0394. The molecule has 25 heavy (non-hydrogen) atoms. The number of hydrogen-bond donors (Lipinski definition) is 2. The van der Waals surface area contributed by atoms with Gasteiger partial charge in [-0.3, -0.25) is 9.59 Å². The van der Waals surface area contributed by atoms with Gasteiger partial charge in [0.05, 0.1) is 6.54 Å². The lowest BCUT2D eigenvalue weighted by Gasteiger charge is -2.52. The molecular formula is C20H25N3O2. The number of amides is 1. The summed E-state index contributed by atoms with van der Waals surface area (Å²) in [4.78, 5) is 25.3. The van der Waals surface area contributed by atoms with Crippen LogP contribution in [0.3, 0.4) is 0 Å². The Morgan fingerprint density at radius 2 is 1.96 bits per heavy atom. The Labute approximate surface area is 147 Å². The fraction of sp³-hybridized carbons (Fsp3) is 0.400. The van der Waals surface area contributed by atoms with Gasteiger partial charge in [0, 0.05) is 12.2 Å². The Morgan fingerprint density at radius 3 is 2.60 bits per heavy atom. The zero-order chi connectivity index (χ0) is 18.0. The Kier molecular flexibility index (Phi) is 4.77. The molecule has 1 fully saturated rings. The Balaban J connectivity index is 1.76. The summed E-state index contributed by atoms with van der Waals surface area (Å²) in [7, 11) is 0. The number of carbonyl (C=O) groups excluding carboxylic acids is 1. The van der Waals surface area contributed by atoms with Crippen molar-refractivity contribution in [3.05, 3.63) is 70.1 Å². The predicted molar refractivity (Wildman–Crippen MR) is 98.4 cm³/mol. The molecule has 1 heterocycles. The van der Waals surface area contributed by atoms with Crippen molar-refractivity contribution >= 4 is 5.91 Å². The van der Waals surface area contributed by atoms with Crippen LogP contribution in [0.5, 0.6) is 0 Å². The van der Waals surface area contributed by atoms with Gasteiger partial charge in [0.25, 0.3) is 11.5 Å². The van der Waals surface area contributed by atoms with Crippen LogP contribution in [0.2, 0.25) is 0 Å². The van der Waals surface area contributed by atoms with Gasteiger partial charge in [-0.1, -0.05) is 44.2 Å². The molecule has 0 saturated heterocycles. The zero-order valence-corrected chi connectivity index (χ0v) is 14.7. The summed E-state index contributed by atoms with van der Waals surface area (Å²) in [5.41, 5.74) is 6.67. The van der Waals surface area contributed by atoms with Gasteiger partial charge >= 0.3 is 0 Å². The Hall–Kier alpha value is -2.40. The number of rotatable bonds is 5. The van der Waals surface area contributed by atoms with Gasteiger partial charge in [-0.25, -0.2) is 0 Å². The topological polar surface area (TPSA) is 77.1 Å². The molecule has 1 aliphatic rings. The minimum Gasteiger partial charge on any atom is -0.349 e. The van der Waals surface area contributed by atoms with Crippen LogP contribution in [0.1, 0.15) is 36.2 Å². The number of hydrogen-bond acceptors (Lipinski definition) is 3. The van der Waals surface area contributed by atoms with Crippen molar-refractivity contribution in [3.63, 3.8) is 0 Å². The van der Waals surface area contributed by atoms with Crippen molar-refractivity contribution in [3.8, 4) is 0 Å². The van der Waals surface area contributed by atoms with E-state index in [-0.39, 0.29) is 28.5 Å². The molecule has 1 amide bonds. The summed E-state index contributed by atoms with van der Waals surface area (Å²) in [6.07, 6.45) is 2.57. The van der Waals surface area contributed by atoms with E-state index < -0.39 is 0 Å². The summed E-state index contributed by atoms with van der Waals surface area (Å²) in [6.45, 7) is 5.29. The van der Waals surface area contributed by atoms with Crippen molar-refractivity contribution in [2.75, 3.05) is 6.54 Å². The molecule has 5 heteroatoms. The fourth-order valence-corrected chi connectivity index (χ4v) is 3.51. The number of benzene rings is 1. The van der Waals surface area contributed by atoms with Gasteiger partial charge in [0.15, 0.2) is 0 Å². The van der Waals surface area contributed by atoms with E-state index >= 15 is 0 Å². The summed E-state index contributed by atoms with van der Waals surface area (Å²) in [5, 5.41) is 3.01. The summed E-state index contributed by atoms with van der Waals surface area (Å²) in [5.74, 6) is 0.101. The van der Waals surface area contributed by atoms with Gasteiger partial charge in [-0.05, 0) is 42.0 Å². The molecule has 1 aromatic carbocycles. The maximum atomic E-state index is 12.7. The quantitative estimate of drug-likeness (QED) is 0.875. The predicted octanol–water partition coefficient (Wildman–Crippen LogP) is 2.00. The maximum absolute atomic E-state index is 12.7. The number of carbonyl (C=O) groups is 1. The molecular weight excluding hydrogens is 314 g/mol. The molecule has 0 radical (unpaired) electrons. The largest absolute Gasteiger partial charge is 0.349 e. The molecule has 0 bridgehead atoms. The number of nitrogens with one attached hydrogen (secondary N) is 1. The van der Waals surface area contributed by atoms with Gasteiger partial charge in [0.2, 0.25) is 0 Å². The second kappa shape index (κ2) is 6.84. The summed E-state index contributed by atoms with van der Waals surface area (Å²) < 4.78 is 1.57. The number of nitrogens with two attached hydrogens (primary N) is 1. The van der Waals surface area contributed by atoms with Crippen molar-refractivity contribution < 1.29 is 4.79 Å². The first-order valence-corrected chi connectivity index (χ1v) is 8.67. The average Bonchev–Trinajstić information content (AvgIpc) is 2.60. The molecule has 1 aliphatic carbocycles. The van der Waals surface area contributed by atoms with E-state index in [9.17, 15) is 9.59 Å². The van der Waals surface area contributed by atoms with Crippen LogP contribution in [-0.4, -0.2) is 23.1 Å². The highest BCUT2D eigenvalue weighted by Crippen LogP contribution is 2.45. The van der Waals surface area contributed by atoms with Crippen LogP contribution < -0.4 is 16.6 Å². The molecule has 0 aliphatic heterocycles. The first-order chi connectivity index (χ1) is 11.9. The van der Waals surface area contributed by atoms with E-state index in [1.54, 1.807) is 22.9 Å². The van der Waals surface area contributed by atoms with Gasteiger partial charge in [-0.2, -0.15) is 0 Å². The second-order valence-electron chi connectivity index (χ2n) is 7.36. The van der Waals surface area contributed by atoms with Crippen molar-refractivity contribution in [2.24, 2.45) is 17.1 Å². The van der Waals surface area contributed by atoms with Crippen molar-refractivity contribution in [1.29, 1.82) is 0 Å². The Bertz CT molecular complexity index is 811. The molecule has 132 valence electrons. The number of nitrogens with zero attached hydrogens (tertiary/aromatic N) is 1. The van der Waals surface area contributed by atoms with Gasteiger partial charge < -0.3 is 15.6 Å². The molecule has 0 spiro atoms. The second-order valence-corrected chi connectivity index (χ2v) is 7.36. The molecule has 1 saturated carbocycles. The number of pyridine rings is 1. The van der Waals surface area contributed by atoms with Crippen LogP contribution in [0.25, 0.3) is 0 Å². The van der Waals surface area contributed by atoms with Crippen molar-refractivity contribution in [1.82, 2.24) is 9.88 Å². The normalized spacial score (nSPS) is 21.4. The zero-order valence-electron chi connectivity index (χ0n) is 14.7. The molecule has 5 nitrogen and oxygen atoms in total. The standard InChI is InChI=1S/C20H25N3O2/c1-20(2)15(12-21)11-17(20)22-18(24)16-9-6-10-23(19(16)25)13-14-7-4-3-5-8-14/h3-10,15,17H,11-13,21H2,1-2H3,(H,22,24). The lowest BCUT2D eigenvalue weighted by molar-refractivity contribution is 0.0199. The summed E-state index contributed by atoms with van der Waals surface area (Å²) in [6, 6.07) is 13.1. The highest BCUT2D eigenvalue weighted by atomic mass is 16.2. The van der Waals surface area contributed by atoms with E-state index in [1.807, 2.05) is 30.3 Å². The first-order valence-electron chi connectivity index (χ1n) is 8.67. The minimum atomic E-state index is -0.305. The van der Waals surface area contributed by atoms with E-state index in [0.29, 0.717) is 19.0 Å². The van der Waals surface area contributed by atoms with Crippen LogP contribution in [0, 0.1) is 11.3 Å². The maximum Gasteiger partial charge on any atom is 0.263 e. The third kappa shape index (κ3) is 3.37. The van der Waals surface area contributed by atoms with E-state index in [4.69, 9.17) is 5.73 Å². The van der Waals surface area contributed by atoms with Crippen LogP contribution in [0.15, 0.2) is 53.5 Å². The summed E-state index contributed by atoms with van der Waals surface area (Å²) >= 11 is 0. The van der Waals surface area contributed by atoms with Crippen LogP contribution in [-0.2, 0) is 6.54 Å². The Morgan fingerprint density at radius 1 is 1.24 bits per heavy atom. The highest BCUT2D eigenvalue weighted by molar-refractivity contribution is 5.94. The monoisotopic (exact) mass is 339 g/mol. The smallest absolute Gasteiger partial charge is 0.263 e. The lowest BCUT2D eigenvalue weighted by atomic mass is 9.58. The van der Waals surface area contributed by atoms with Gasteiger partial charge in [0.1, 0.15) is 5.56 Å². The van der Waals surface area contributed by atoms with Crippen molar-refractivity contribution in [2.45, 2.75) is 32.9 Å². The number of aromatic nitrogens is 1. The third-order valence-electron chi connectivity index (χ3n) is 5.52. The molecule has 2 aromatic rings. The lowest BCUT2D eigenvalue weighted by Crippen LogP contribution is -2.60. The molecule has 2 unspecified atom stereocenters. The van der Waals surface area contributed by atoms with E-state index in [0.717, 1.165) is 12.0 Å². The molecule has 3 rings (SSSR count). The third-order valence-corrected chi connectivity index (χ3v) is 5.52. The molecule has 1 aromatic heterocycles. The highest BCUT2D eigenvalue weighted by Gasteiger charge is 2.47.